The van der Waals surface area contributed by atoms with E-state index < -0.39 is 0 Å². The second-order valence-electron chi connectivity index (χ2n) is 3.76. The number of hydrogen-bond donors (Lipinski definition) is 0. The first kappa shape index (κ1) is 12.2. The van der Waals surface area contributed by atoms with Crippen molar-refractivity contribution in [2.24, 2.45) is 0 Å². The Labute approximate surface area is 106 Å². The molecule has 0 heterocycles. The zero-order chi connectivity index (χ0) is 12.8. The predicted molar refractivity (Wildman–Crippen MR) is 69.3 cm³/mol. The number of carbonyl (C=O) groups is 1. The topological polar surface area (TPSA) is 35.5 Å². The van der Waals surface area contributed by atoms with Crippen molar-refractivity contribution in [3.63, 3.8) is 0 Å². The molecule has 0 aliphatic rings. The molecule has 0 saturated heterocycles. The molecule has 2 aromatic carbocycles. The molecule has 0 amide bonds. The molecule has 0 fully saturated rings. The van der Waals surface area contributed by atoms with Gasteiger partial charge in [-0.1, -0.05) is 36.4 Å². The smallest absolute Gasteiger partial charge is 0.200 e. The second-order valence-corrected chi connectivity index (χ2v) is 3.76. The predicted octanol–water partition coefficient (Wildman–Crippen LogP) is 2.96. The summed E-state index contributed by atoms with van der Waals surface area (Å²) in [5.41, 5.74) is 0.653. The van der Waals surface area contributed by atoms with Gasteiger partial charge in [0.05, 0.1) is 7.11 Å². The fraction of sp³-hybridized carbons (Fsp3) is 0.133. The molecule has 0 spiro atoms. The number of rotatable bonds is 5. The van der Waals surface area contributed by atoms with Gasteiger partial charge in [0.25, 0.3) is 0 Å². The van der Waals surface area contributed by atoms with Crippen LogP contribution in [0.25, 0.3) is 0 Å². The van der Waals surface area contributed by atoms with Gasteiger partial charge in [-0.2, -0.15) is 0 Å². The summed E-state index contributed by atoms with van der Waals surface area (Å²) in [7, 11) is 1.59. The molecular weight excluding hydrogens is 228 g/mol. The van der Waals surface area contributed by atoms with Gasteiger partial charge in [0.1, 0.15) is 11.5 Å². The van der Waals surface area contributed by atoms with Crippen LogP contribution in [0.1, 0.15) is 10.4 Å². The van der Waals surface area contributed by atoms with Crippen LogP contribution in [0.5, 0.6) is 11.5 Å². The minimum absolute atomic E-state index is 0.0250. The zero-order valence-corrected chi connectivity index (χ0v) is 10.1. The molecule has 3 nitrogen and oxygen atoms in total. The lowest BCUT2D eigenvalue weighted by molar-refractivity contribution is 0.0921. The molecule has 0 aliphatic carbocycles. The third-order valence-electron chi connectivity index (χ3n) is 2.51. The summed E-state index contributed by atoms with van der Waals surface area (Å²) in [6.45, 7) is 0.0250. The first-order valence-corrected chi connectivity index (χ1v) is 5.64. The van der Waals surface area contributed by atoms with E-state index in [4.69, 9.17) is 9.47 Å². The highest BCUT2D eigenvalue weighted by molar-refractivity contribution is 5.97. The average molecular weight is 242 g/mol. The van der Waals surface area contributed by atoms with Crippen molar-refractivity contribution in [3.8, 4) is 11.5 Å². The first-order chi connectivity index (χ1) is 8.79. The van der Waals surface area contributed by atoms with E-state index in [0.717, 1.165) is 0 Å². The highest BCUT2D eigenvalue weighted by Gasteiger charge is 2.06. The Morgan fingerprint density at radius 2 is 1.72 bits per heavy atom. The Morgan fingerprint density at radius 3 is 2.44 bits per heavy atom. The van der Waals surface area contributed by atoms with Gasteiger partial charge in [-0.05, 0) is 12.1 Å². The van der Waals surface area contributed by atoms with E-state index in [9.17, 15) is 4.79 Å². The van der Waals surface area contributed by atoms with Crippen LogP contribution >= 0.6 is 0 Å². The SMILES string of the molecule is COc1cccc(OCC(=O)c2ccccc2)c1. The third-order valence-corrected chi connectivity index (χ3v) is 2.51. The first-order valence-electron chi connectivity index (χ1n) is 5.64. The number of methoxy groups -OCH3 is 1. The summed E-state index contributed by atoms with van der Waals surface area (Å²) in [6, 6.07) is 16.3. The van der Waals surface area contributed by atoms with Gasteiger partial charge in [-0.15, -0.1) is 0 Å². The third kappa shape index (κ3) is 3.10. The zero-order valence-electron chi connectivity index (χ0n) is 10.1. The molecule has 0 atom stereocenters. The van der Waals surface area contributed by atoms with Crippen LogP contribution in [-0.2, 0) is 0 Å². The Bertz CT molecular complexity index is 520. The van der Waals surface area contributed by atoms with Gasteiger partial charge in [-0.25, -0.2) is 0 Å². The van der Waals surface area contributed by atoms with Gasteiger partial charge in [-0.3, -0.25) is 4.79 Å². The van der Waals surface area contributed by atoms with E-state index in [1.165, 1.54) is 0 Å². The van der Waals surface area contributed by atoms with Crippen molar-refractivity contribution in [2.75, 3.05) is 13.7 Å². The Kier molecular flexibility index (Phi) is 3.97. The molecule has 0 N–H and O–H groups in total. The normalized spacial score (nSPS) is 9.83. The number of benzene rings is 2. The maximum Gasteiger partial charge on any atom is 0.200 e. The number of carbonyl (C=O) groups excluding carboxylic acids is 1. The lowest BCUT2D eigenvalue weighted by Gasteiger charge is -2.07. The fourth-order valence-corrected chi connectivity index (χ4v) is 1.55. The van der Waals surface area contributed by atoms with Crippen molar-refractivity contribution in [2.45, 2.75) is 0 Å². The van der Waals surface area contributed by atoms with E-state index in [2.05, 4.69) is 0 Å². The Morgan fingerprint density at radius 1 is 1.00 bits per heavy atom. The van der Waals surface area contributed by atoms with E-state index in [0.29, 0.717) is 17.1 Å². The van der Waals surface area contributed by atoms with Crippen LogP contribution in [0, 0.1) is 0 Å². The van der Waals surface area contributed by atoms with Gasteiger partial charge in [0.15, 0.2) is 12.4 Å². The molecule has 0 bridgehead atoms. The van der Waals surface area contributed by atoms with Crippen molar-refractivity contribution in [1.29, 1.82) is 0 Å². The Balaban J connectivity index is 1.97. The lowest BCUT2D eigenvalue weighted by atomic mass is 10.1. The highest BCUT2D eigenvalue weighted by atomic mass is 16.5. The number of Topliss-reactive ketones (excluding diaryl/α,β-unsaturated/α-hetero) is 1. The van der Waals surface area contributed by atoms with Crippen LogP contribution in [-0.4, -0.2) is 19.5 Å². The summed E-state index contributed by atoms with van der Waals surface area (Å²) >= 11 is 0. The second kappa shape index (κ2) is 5.87. The monoisotopic (exact) mass is 242 g/mol. The lowest BCUT2D eigenvalue weighted by Crippen LogP contribution is -2.11. The van der Waals surface area contributed by atoms with Crippen LogP contribution in [0.15, 0.2) is 54.6 Å². The standard InChI is InChI=1S/C15H14O3/c1-17-13-8-5-9-14(10-13)18-11-15(16)12-6-3-2-4-7-12/h2-10H,11H2,1H3. The number of hydrogen-bond acceptors (Lipinski definition) is 3. The average Bonchev–Trinajstić information content (AvgIpc) is 2.46. The summed E-state index contributed by atoms with van der Waals surface area (Å²) in [4.78, 5) is 11.8. The van der Waals surface area contributed by atoms with Gasteiger partial charge < -0.3 is 9.47 Å². The molecule has 0 aliphatic heterocycles. The van der Waals surface area contributed by atoms with E-state index in [-0.39, 0.29) is 12.4 Å². The minimum Gasteiger partial charge on any atom is -0.497 e. The Hall–Kier alpha value is -2.29. The molecule has 92 valence electrons. The van der Waals surface area contributed by atoms with Crippen LogP contribution < -0.4 is 9.47 Å². The van der Waals surface area contributed by atoms with Gasteiger partial charge in [0.2, 0.25) is 0 Å². The van der Waals surface area contributed by atoms with E-state index >= 15 is 0 Å². The van der Waals surface area contributed by atoms with Gasteiger partial charge in [0, 0.05) is 11.6 Å². The maximum absolute atomic E-state index is 11.8. The van der Waals surface area contributed by atoms with Crippen molar-refractivity contribution >= 4 is 5.78 Å². The maximum atomic E-state index is 11.8. The summed E-state index contributed by atoms with van der Waals surface area (Å²) in [6.07, 6.45) is 0. The summed E-state index contributed by atoms with van der Waals surface area (Å²) in [5.74, 6) is 1.29. The quantitative estimate of drug-likeness (QED) is 0.756. The summed E-state index contributed by atoms with van der Waals surface area (Å²) in [5, 5.41) is 0. The van der Waals surface area contributed by atoms with Crippen LogP contribution in [0.4, 0.5) is 0 Å². The highest BCUT2D eigenvalue weighted by Crippen LogP contribution is 2.18. The molecule has 18 heavy (non-hydrogen) atoms. The van der Waals surface area contributed by atoms with Gasteiger partial charge >= 0.3 is 0 Å². The molecule has 0 aromatic heterocycles. The van der Waals surface area contributed by atoms with Crippen LogP contribution in [0.3, 0.4) is 0 Å². The molecule has 2 aromatic rings. The van der Waals surface area contributed by atoms with Crippen molar-refractivity contribution in [3.05, 3.63) is 60.2 Å². The molecule has 0 unspecified atom stereocenters. The number of ketones is 1. The minimum atomic E-state index is -0.0431. The molecule has 0 saturated carbocycles. The molecule has 2 rings (SSSR count). The van der Waals surface area contributed by atoms with E-state index in [1.807, 2.05) is 30.3 Å². The number of ether oxygens (including phenoxy) is 2. The van der Waals surface area contributed by atoms with Crippen molar-refractivity contribution in [1.82, 2.24) is 0 Å². The molecule has 3 heteroatoms. The van der Waals surface area contributed by atoms with Crippen LogP contribution in [0.2, 0.25) is 0 Å². The fourth-order valence-electron chi connectivity index (χ4n) is 1.55. The summed E-state index contributed by atoms with van der Waals surface area (Å²) < 4.78 is 10.5. The van der Waals surface area contributed by atoms with E-state index in [1.54, 1.807) is 31.4 Å². The molecule has 0 radical (unpaired) electrons. The largest absolute Gasteiger partial charge is 0.497 e. The van der Waals surface area contributed by atoms with Crippen molar-refractivity contribution < 1.29 is 14.3 Å². The molecular formula is C15H14O3.